The smallest absolute Gasteiger partial charge is 0.127 e. The number of benzene rings is 1. The van der Waals surface area contributed by atoms with Crippen LogP contribution < -0.4 is 5.32 Å². The molecule has 0 aliphatic carbocycles. The lowest BCUT2D eigenvalue weighted by atomic mass is 10.1. The molecule has 2 aromatic rings. The summed E-state index contributed by atoms with van der Waals surface area (Å²) in [5.74, 6) is 1.18. The first-order valence-electron chi connectivity index (χ1n) is 5.74. The Balaban J connectivity index is 2.19. The molecular weight excluding hydrogens is 230 g/mol. The van der Waals surface area contributed by atoms with Crippen molar-refractivity contribution < 1.29 is 0 Å². The van der Waals surface area contributed by atoms with E-state index in [2.05, 4.69) is 40.9 Å². The SMILES string of the molecule is CSc1ccccc1-c1nn(C)c2c1CCN2. The van der Waals surface area contributed by atoms with Crippen LogP contribution in [0.2, 0.25) is 0 Å². The molecule has 0 fully saturated rings. The Labute approximate surface area is 105 Å². The van der Waals surface area contributed by atoms with Gasteiger partial charge in [0.1, 0.15) is 5.82 Å². The molecule has 1 aliphatic heterocycles. The van der Waals surface area contributed by atoms with Crippen LogP contribution in [0, 0.1) is 0 Å². The molecule has 1 aliphatic rings. The molecule has 0 radical (unpaired) electrons. The second kappa shape index (κ2) is 4.11. The first-order chi connectivity index (χ1) is 8.31. The van der Waals surface area contributed by atoms with E-state index in [1.807, 2.05) is 11.7 Å². The number of fused-ring (bicyclic) bond motifs is 1. The van der Waals surface area contributed by atoms with Crippen LogP contribution in [0.15, 0.2) is 29.2 Å². The van der Waals surface area contributed by atoms with E-state index in [0.29, 0.717) is 0 Å². The zero-order valence-electron chi connectivity index (χ0n) is 10.0. The predicted octanol–water partition coefficient (Wildman–Crippen LogP) is 2.78. The molecule has 88 valence electrons. The van der Waals surface area contributed by atoms with Gasteiger partial charge in [0.25, 0.3) is 0 Å². The number of nitrogens with zero attached hydrogens (tertiary/aromatic N) is 2. The van der Waals surface area contributed by atoms with Crippen molar-refractivity contribution >= 4 is 17.6 Å². The highest BCUT2D eigenvalue weighted by atomic mass is 32.2. The summed E-state index contributed by atoms with van der Waals surface area (Å²) in [6.45, 7) is 1.02. The van der Waals surface area contributed by atoms with E-state index >= 15 is 0 Å². The molecule has 1 aromatic heterocycles. The van der Waals surface area contributed by atoms with Crippen molar-refractivity contribution in [3.8, 4) is 11.3 Å². The third-order valence-corrected chi connectivity index (χ3v) is 3.97. The highest BCUT2D eigenvalue weighted by molar-refractivity contribution is 7.98. The highest BCUT2D eigenvalue weighted by Gasteiger charge is 2.22. The first kappa shape index (κ1) is 10.7. The molecule has 0 unspecified atom stereocenters. The van der Waals surface area contributed by atoms with E-state index in [9.17, 15) is 0 Å². The van der Waals surface area contributed by atoms with E-state index in [1.54, 1.807) is 11.8 Å². The van der Waals surface area contributed by atoms with Crippen molar-refractivity contribution in [1.29, 1.82) is 0 Å². The van der Waals surface area contributed by atoms with Gasteiger partial charge in [0, 0.05) is 29.6 Å². The number of thioether (sulfide) groups is 1. The third-order valence-electron chi connectivity index (χ3n) is 3.17. The molecule has 0 spiro atoms. The van der Waals surface area contributed by atoms with Gasteiger partial charge in [-0.15, -0.1) is 11.8 Å². The lowest BCUT2D eigenvalue weighted by Gasteiger charge is -2.05. The molecule has 1 aromatic carbocycles. The van der Waals surface area contributed by atoms with E-state index in [-0.39, 0.29) is 0 Å². The average Bonchev–Trinajstić information content (AvgIpc) is 2.94. The number of hydrogen-bond donors (Lipinski definition) is 1. The van der Waals surface area contributed by atoms with Gasteiger partial charge in [0.2, 0.25) is 0 Å². The number of rotatable bonds is 2. The Morgan fingerprint density at radius 1 is 1.35 bits per heavy atom. The third kappa shape index (κ3) is 1.63. The molecule has 4 heteroatoms. The second-order valence-electron chi connectivity index (χ2n) is 4.18. The van der Waals surface area contributed by atoms with E-state index in [4.69, 9.17) is 0 Å². The van der Waals surface area contributed by atoms with Crippen LogP contribution in [0.3, 0.4) is 0 Å². The maximum Gasteiger partial charge on any atom is 0.127 e. The topological polar surface area (TPSA) is 29.9 Å². The van der Waals surface area contributed by atoms with Crippen molar-refractivity contribution in [3.63, 3.8) is 0 Å². The molecular formula is C13H15N3S. The maximum absolute atomic E-state index is 4.65. The summed E-state index contributed by atoms with van der Waals surface area (Å²) in [7, 11) is 2.00. The van der Waals surface area contributed by atoms with E-state index in [0.717, 1.165) is 18.7 Å². The van der Waals surface area contributed by atoms with Crippen LogP contribution in [-0.4, -0.2) is 22.6 Å². The fourth-order valence-corrected chi connectivity index (χ4v) is 2.99. The number of anilines is 1. The van der Waals surface area contributed by atoms with Gasteiger partial charge in [-0.3, -0.25) is 4.68 Å². The zero-order valence-corrected chi connectivity index (χ0v) is 10.8. The normalized spacial score (nSPS) is 13.5. The first-order valence-corrected chi connectivity index (χ1v) is 6.97. The summed E-state index contributed by atoms with van der Waals surface area (Å²) >= 11 is 1.78. The molecule has 1 N–H and O–H groups in total. The van der Waals surface area contributed by atoms with Gasteiger partial charge in [-0.25, -0.2) is 0 Å². The number of nitrogens with one attached hydrogen (secondary N) is 1. The fourth-order valence-electron chi connectivity index (χ4n) is 2.39. The number of aromatic nitrogens is 2. The lowest BCUT2D eigenvalue weighted by molar-refractivity contribution is 0.775. The minimum absolute atomic E-state index is 1.02. The highest BCUT2D eigenvalue weighted by Crippen LogP contribution is 2.36. The van der Waals surface area contributed by atoms with Crippen LogP contribution >= 0.6 is 11.8 Å². The van der Waals surface area contributed by atoms with E-state index in [1.165, 1.54) is 21.8 Å². The standard InChI is InChI=1S/C13H15N3S/c1-16-13-10(7-8-14-13)12(15-16)9-5-3-4-6-11(9)17-2/h3-6,14H,7-8H2,1-2H3. The molecule has 0 amide bonds. The maximum atomic E-state index is 4.65. The lowest BCUT2D eigenvalue weighted by Crippen LogP contribution is -2.01. The van der Waals surface area contributed by atoms with Gasteiger partial charge in [-0.1, -0.05) is 18.2 Å². The van der Waals surface area contributed by atoms with Crippen molar-refractivity contribution in [2.45, 2.75) is 11.3 Å². The van der Waals surface area contributed by atoms with Gasteiger partial charge in [-0.2, -0.15) is 5.10 Å². The molecule has 3 rings (SSSR count). The average molecular weight is 245 g/mol. The van der Waals surface area contributed by atoms with Crippen LogP contribution in [0.25, 0.3) is 11.3 Å². The number of hydrogen-bond acceptors (Lipinski definition) is 3. The summed E-state index contributed by atoms with van der Waals surface area (Å²) < 4.78 is 1.95. The quantitative estimate of drug-likeness (QED) is 0.825. The zero-order chi connectivity index (χ0) is 11.8. The summed E-state index contributed by atoms with van der Waals surface area (Å²) in [6, 6.07) is 8.48. The predicted molar refractivity (Wildman–Crippen MR) is 72.6 cm³/mol. The Hall–Kier alpha value is -1.42. The Morgan fingerprint density at radius 3 is 3.00 bits per heavy atom. The van der Waals surface area contributed by atoms with Crippen molar-refractivity contribution in [2.75, 3.05) is 18.1 Å². The summed E-state index contributed by atoms with van der Waals surface area (Å²) in [6.07, 6.45) is 3.18. The molecule has 0 saturated carbocycles. The van der Waals surface area contributed by atoms with Gasteiger partial charge >= 0.3 is 0 Å². The molecule has 3 nitrogen and oxygen atoms in total. The Kier molecular flexibility index (Phi) is 2.59. The molecule has 17 heavy (non-hydrogen) atoms. The fraction of sp³-hybridized carbons (Fsp3) is 0.308. The molecule has 0 atom stereocenters. The minimum Gasteiger partial charge on any atom is -0.370 e. The monoisotopic (exact) mass is 245 g/mol. The summed E-state index contributed by atoms with van der Waals surface area (Å²) in [5, 5.41) is 8.04. The summed E-state index contributed by atoms with van der Waals surface area (Å²) in [5.41, 5.74) is 3.74. The molecule has 2 heterocycles. The van der Waals surface area contributed by atoms with Crippen LogP contribution in [0.5, 0.6) is 0 Å². The van der Waals surface area contributed by atoms with Crippen LogP contribution in [-0.2, 0) is 13.5 Å². The largest absolute Gasteiger partial charge is 0.370 e. The second-order valence-corrected chi connectivity index (χ2v) is 5.02. The van der Waals surface area contributed by atoms with Crippen LogP contribution in [0.4, 0.5) is 5.82 Å². The van der Waals surface area contributed by atoms with E-state index < -0.39 is 0 Å². The van der Waals surface area contributed by atoms with Gasteiger partial charge in [0.15, 0.2) is 0 Å². The van der Waals surface area contributed by atoms with Crippen molar-refractivity contribution in [1.82, 2.24) is 9.78 Å². The van der Waals surface area contributed by atoms with Gasteiger partial charge < -0.3 is 5.32 Å². The van der Waals surface area contributed by atoms with Gasteiger partial charge in [-0.05, 0) is 18.7 Å². The van der Waals surface area contributed by atoms with Gasteiger partial charge in [0.05, 0.1) is 5.69 Å². The van der Waals surface area contributed by atoms with Crippen LogP contribution in [0.1, 0.15) is 5.56 Å². The summed E-state index contributed by atoms with van der Waals surface area (Å²) in [4.78, 5) is 1.29. The van der Waals surface area contributed by atoms with Crippen molar-refractivity contribution in [2.24, 2.45) is 7.05 Å². The van der Waals surface area contributed by atoms with Crippen molar-refractivity contribution in [3.05, 3.63) is 29.8 Å². The number of aryl methyl sites for hydroxylation is 1. The molecule has 0 bridgehead atoms. The Morgan fingerprint density at radius 2 is 2.18 bits per heavy atom. The Bertz CT molecular complexity index is 560. The minimum atomic E-state index is 1.02. The molecule has 0 saturated heterocycles.